The van der Waals surface area contributed by atoms with E-state index in [9.17, 15) is 9.70 Å². The van der Waals surface area contributed by atoms with E-state index in [0.717, 1.165) is 58.9 Å². The summed E-state index contributed by atoms with van der Waals surface area (Å²) in [4.78, 5) is 28.9. The Morgan fingerprint density at radius 3 is 2.55 bits per heavy atom. The smallest absolute Gasteiger partial charge is 0.255 e. The van der Waals surface area contributed by atoms with E-state index < -0.39 is 0 Å². The van der Waals surface area contributed by atoms with E-state index in [2.05, 4.69) is 48.7 Å². The minimum atomic E-state index is -0.172. The summed E-state index contributed by atoms with van der Waals surface area (Å²) >= 11 is 3.46. The van der Waals surface area contributed by atoms with Crippen molar-refractivity contribution >= 4 is 38.6 Å². The lowest BCUT2D eigenvalue weighted by atomic mass is 9.91. The van der Waals surface area contributed by atoms with Gasteiger partial charge in [0.2, 0.25) is 0 Å². The number of hydrogen-bond acceptors (Lipinski definition) is 6. The molecule has 1 amide bonds. The van der Waals surface area contributed by atoms with Crippen molar-refractivity contribution in [1.29, 1.82) is 0 Å². The lowest BCUT2D eigenvalue weighted by Gasteiger charge is -2.27. The van der Waals surface area contributed by atoms with Gasteiger partial charge >= 0.3 is 0 Å². The first-order valence-corrected chi connectivity index (χ1v) is 12.3. The van der Waals surface area contributed by atoms with Crippen LogP contribution in [0.2, 0.25) is 0 Å². The SMILES string of the molecule is CCC(NC(=O)c1cnc2c(cnn2CC)c1NC1CCC(N=O)CC1)c1ccc(Br)cc1. The summed E-state index contributed by atoms with van der Waals surface area (Å²) in [5.41, 5.74) is 3.06. The fourth-order valence-electron chi connectivity index (χ4n) is 4.47. The molecular formula is C24H29BrN6O2. The third-order valence-corrected chi connectivity index (χ3v) is 6.92. The number of hydrogen-bond donors (Lipinski definition) is 2. The topological polar surface area (TPSA) is 101 Å². The average molecular weight is 513 g/mol. The largest absolute Gasteiger partial charge is 0.381 e. The van der Waals surface area contributed by atoms with Crippen molar-refractivity contribution < 1.29 is 4.79 Å². The molecule has 1 aliphatic carbocycles. The summed E-state index contributed by atoms with van der Waals surface area (Å²) in [6, 6.07) is 7.94. The Morgan fingerprint density at radius 2 is 1.91 bits per heavy atom. The molecular weight excluding hydrogens is 484 g/mol. The molecule has 8 nitrogen and oxygen atoms in total. The highest BCUT2D eigenvalue weighted by molar-refractivity contribution is 9.10. The third kappa shape index (κ3) is 5.08. The fraction of sp³-hybridized carbons (Fsp3) is 0.458. The Hall–Kier alpha value is -2.81. The zero-order chi connectivity index (χ0) is 23.4. The minimum absolute atomic E-state index is 0.109. The summed E-state index contributed by atoms with van der Waals surface area (Å²) < 4.78 is 2.83. The molecule has 2 aromatic heterocycles. The van der Waals surface area contributed by atoms with Crippen LogP contribution in [0.3, 0.4) is 0 Å². The van der Waals surface area contributed by atoms with Crippen LogP contribution in [0.25, 0.3) is 11.0 Å². The van der Waals surface area contributed by atoms with E-state index in [0.29, 0.717) is 12.1 Å². The number of carbonyl (C=O) groups excluding carboxylic acids is 1. The van der Waals surface area contributed by atoms with Gasteiger partial charge in [-0.25, -0.2) is 9.67 Å². The number of halogens is 1. The molecule has 0 bridgehead atoms. The van der Waals surface area contributed by atoms with Crippen molar-refractivity contribution in [1.82, 2.24) is 20.1 Å². The van der Waals surface area contributed by atoms with Gasteiger partial charge in [-0.2, -0.15) is 10.0 Å². The zero-order valence-electron chi connectivity index (χ0n) is 18.9. The molecule has 0 spiro atoms. The van der Waals surface area contributed by atoms with Gasteiger partial charge in [-0.05, 0) is 56.7 Å². The van der Waals surface area contributed by atoms with E-state index in [1.165, 1.54) is 0 Å². The first-order valence-electron chi connectivity index (χ1n) is 11.5. The Balaban J connectivity index is 1.64. The maximum absolute atomic E-state index is 13.5. The van der Waals surface area contributed by atoms with Crippen LogP contribution in [0.15, 0.2) is 46.3 Å². The highest BCUT2D eigenvalue weighted by Gasteiger charge is 2.26. The van der Waals surface area contributed by atoms with E-state index in [4.69, 9.17) is 0 Å². The second kappa shape index (κ2) is 10.4. The number of amides is 1. The van der Waals surface area contributed by atoms with Crippen LogP contribution < -0.4 is 10.6 Å². The van der Waals surface area contributed by atoms with E-state index in [1.54, 1.807) is 12.4 Å². The Bertz CT molecular complexity index is 1120. The Morgan fingerprint density at radius 1 is 1.18 bits per heavy atom. The van der Waals surface area contributed by atoms with Gasteiger partial charge in [0.1, 0.15) is 0 Å². The second-order valence-electron chi connectivity index (χ2n) is 8.49. The number of nitroso groups, excluding NO2 is 1. The van der Waals surface area contributed by atoms with Crippen LogP contribution in [-0.4, -0.2) is 32.8 Å². The van der Waals surface area contributed by atoms with Crippen LogP contribution >= 0.6 is 15.9 Å². The maximum Gasteiger partial charge on any atom is 0.255 e. The van der Waals surface area contributed by atoms with E-state index in [1.807, 2.05) is 35.9 Å². The van der Waals surface area contributed by atoms with Gasteiger partial charge in [-0.1, -0.05) is 40.2 Å². The van der Waals surface area contributed by atoms with Crippen LogP contribution in [0.1, 0.15) is 67.9 Å². The van der Waals surface area contributed by atoms with Crippen molar-refractivity contribution in [2.75, 3.05) is 5.32 Å². The average Bonchev–Trinajstić information content (AvgIpc) is 3.27. The molecule has 174 valence electrons. The quantitative estimate of drug-likeness (QED) is 0.383. The molecule has 2 heterocycles. The first-order chi connectivity index (χ1) is 16.0. The molecule has 4 rings (SSSR count). The lowest BCUT2D eigenvalue weighted by Crippen LogP contribution is -2.31. The van der Waals surface area contributed by atoms with Crippen molar-refractivity contribution in [2.45, 2.75) is 70.6 Å². The molecule has 0 aliphatic heterocycles. The lowest BCUT2D eigenvalue weighted by molar-refractivity contribution is 0.0936. The normalized spacial score (nSPS) is 19.2. The van der Waals surface area contributed by atoms with Crippen LogP contribution in [0.4, 0.5) is 5.69 Å². The van der Waals surface area contributed by atoms with Crippen molar-refractivity contribution in [3.63, 3.8) is 0 Å². The molecule has 1 aliphatic rings. The molecule has 2 N–H and O–H groups in total. The number of fused-ring (bicyclic) bond motifs is 1. The van der Waals surface area contributed by atoms with Gasteiger partial charge in [-0.15, -0.1) is 0 Å². The molecule has 3 aromatic rings. The van der Waals surface area contributed by atoms with Gasteiger partial charge in [-0.3, -0.25) is 4.79 Å². The zero-order valence-corrected chi connectivity index (χ0v) is 20.5. The highest BCUT2D eigenvalue weighted by atomic mass is 79.9. The van der Waals surface area contributed by atoms with Gasteiger partial charge in [0.25, 0.3) is 5.91 Å². The summed E-state index contributed by atoms with van der Waals surface area (Å²) in [7, 11) is 0. The van der Waals surface area contributed by atoms with E-state index >= 15 is 0 Å². The van der Waals surface area contributed by atoms with Gasteiger partial charge in [0.15, 0.2) is 5.65 Å². The number of nitrogens with zero attached hydrogens (tertiary/aromatic N) is 4. The maximum atomic E-state index is 13.5. The van der Waals surface area contributed by atoms with Gasteiger partial charge in [0.05, 0.1) is 34.9 Å². The van der Waals surface area contributed by atoms with Crippen molar-refractivity contribution in [3.05, 3.63) is 57.2 Å². The molecule has 0 radical (unpaired) electrons. The number of benzene rings is 1. The van der Waals surface area contributed by atoms with Crippen molar-refractivity contribution in [2.24, 2.45) is 5.18 Å². The van der Waals surface area contributed by atoms with E-state index in [-0.39, 0.29) is 24.0 Å². The summed E-state index contributed by atoms with van der Waals surface area (Å²) in [6.45, 7) is 4.76. The van der Waals surface area contributed by atoms with Crippen LogP contribution in [0.5, 0.6) is 0 Å². The highest BCUT2D eigenvalue weighted by Crippen LogP contribution is 2.31. The number of pyridine rings is 1. The third-order valence-electron chi connectivity index (χ3n) is 6.39. The summed E-state index contributed by atoms with van der Waals surface area (Å²) in [6.07, 6.45) is 7.36. The number of carbonyl (C=O) groups is 1. The van der Waals surface area contributed by atoms with Crippen LogP contribution in [-0.2, 0) is 6.54 Å². The first kappa shape index (κ1) is 23.4. The van der Waals surface area contributed by atoms with Gasteiger partial charge in [0, 0.05) is 23.3 Å². The predicted molar refractivity (Wildman–Crippen MR) is 133 cm³/mol. The molecule has 0 saturated heterocycles. The minimum Gasteiger partial charge on any atom is -0.381 e. The number of rotatable bonds is 8. The molecule has 1 fully saturated rings. The number of anilines is 1. The summed E-state index contributed by atoms with van der Waals surface area (Å²) in [5, 5.41) is 15.3. The molecule has 33 heavy (non-hydrogen) atoms. The number of aryl methyl sites for hydroxylation is 1. The monoisotopic (exact) mass is 512 g/mol. The van der Waals surface area contributed by atoms with Crippen LogP contribution in [0, 0.1) is 4.91 Å². The predicted octanol–water partition coefficient (Wildman–Crippen LogP) is 5.58. The standard InChI is InChI=1S/C24H29BrN6O2/c1-3-21(15-5-7-16(25)8-6-15)29-24(32)20-13-26-23-19(14-27-31(23)4-2)22(20)28-17-9-11-18(30-33)12-10-17/h5-8,13-14,17-18,21H,3-4,9-12H2,1-2H3,(H,26,28)(H,29,32). The molecule has 1 atom stereocenters. The Labute approximate surface area is 201 Å². The fourth-order valence-corrected chi connectivity index (χ4v) is 4.73. The molecule has 1 aromatic carbocycles. The Kier molecular flexibility index (Phi) is 7.37. The molecule has 1 unspecified atom stereocenters. The summed E-state index contributed by atoms with van der Waals surface area (Å²) in [5.74, 6) is -0.172. The molecule has 9 heteroatoms. The molecule has 1 saturated carbocycles. The number of nitrogens with one attached hydrogen (secondary N) is 2. The number of aromatic nitrogens is 3. The second-order valence-corrected chi connectivity index (χ2v) is 9.40. The van der Waals surface area contributed by atoms with Gasteiger partial charge < -0.3 is 10.6 Å². The van der Waals surface area contributed by atoms with Crippen molar-refractivity contribution in [3.8, 4) is 0 Å².